The van der Waals surface area contributed by atoms with E-state index in [1.807, 2.05) is 0 Å². The van der Waals surface area contributed by atoms with E-state index in [4.69, 9.17) is 0 Å². The first-order valence-corrected chi connectivity index (χ1v) is 6.92. The summed E-state index contributed by atoms with van der Waals surface area (Å²) >= 11 is 0. The molecule has 1 heterocycles. The number of anilines is 1. The van der Waals surface area contributed by atoms with Crippen molar-refractivity contribution in [2.75, 3.05) is 25.0 Å². The van der Waals surface area contributed by atoms with Gasteiger partial charge in [-0.15, -0.1) is 0 Å². The normalized spacial score (nSPS) is 20.2. The van der Waals surface area contributed by atoms with Gasteiger partial charge in [0.1, 0.15) is 0 Å². The van der Waals surface area contributed by atoms with E-state index in [2.05, 4.69) is 41.8 Å². The van der Waals surface area contributed by atoms with Gasteiger partial charge in [0.05, 0.1) is 0 Å². The first-order valence-electron chi connectivity index (χ1n) is 6.92. The molecule has 2 heteroatoms. The van der Waals surface area contributed by atoms with Gasteiger partial charge in [0.15, 0.2) is 0 Å². The number of nitrogens with one attached hydrogen (secondary N) is 2. The molecule has 0 saturated carbocycles. The summed E-state index contributed by atoms with van der Waals surface area (Å²) in [6, 6.07) is 8.64. The minimum Gasteiger partial charge on any atom is -0.385 e. The molecule has 1 aliphatic heterocycles. The van der Waals surface area contributed by atoms with Crippen molar-refractivity contribution in [2.45, 2.75) is 32.6 Å². The fraction of sp³-hybridized carbons (Fsp3) is 0.600. The van der Waals surface area contributed by atoms with Gasteiger partial charge in [0.2, 0.25) is 0 Å². The minimum absolute atomic E-state index is 0.866. The molecule has 0 bridgehead atoms. The van der Waals surface area contributed by atoms with E-state index in [0.717, 1.165) is 18.9 Å². The molecule has 0 aliphatic carbocycles. The maximum Gasteiger partial charge on any atom is 0.0372 e. The molecule has 0 aromatic heterocycles. The number of aryl methyl sites for hydroxylation is 1. The Balaban J connectivity index is 1.77. The second kappa shape index (κ2) is 6.65. The van der Waals surface area contributed by atoms with E-state index in [0.29, 0.717) is 0 Å². The van der Waals surface area contributed by atoms with Gasteiger partial charge < -0.3 is 10.6 Å². The predicted molar refractivity (Wildman–Crippen MR) is 74.5 cm³/mol. The Morgan fingerprint density at radius 1 is 1.35 bits per heavy atom. The summed E-state index contributed by atoms with van der Waals surface area (Å²) in [6.07, 6.45) is 5.12. The zero-order chi connectivity index (χ0) is 11.9. The van der Waals surface area contributed by atoms with E-state index in [1.165, 1.54) is 43.6 Å². The Morgan fingerprint density at radius 2 is 2.24 bits per heavy atom. The molecule has 0 amide bonds. The van der Waals surface area contributed by atoms with E-state index in [-0.39, 0.29) is 0 Å². The average molecular weight is 232 g/mol. The lowest BCUT2D eigenvalue weighted by Gasteiger charge is -2.23. The molecule has 1 saturated heterocycles. The maximum atomic E-state index is 3.58. The van der Waals surface area contributed by atoms with Crippen LogP contribution >= 0.6 is 0 Å². The molecule has 2 rings (SSSR count). The predicted octanol–water partition coefficient (Wildman–Crippen LogP) is 3.05. The molecule has 1 atom stereocenters. The van der Waals surface area contributed by atoms with E-state index >= 15 is 0 Å². The van der Waals surface area contributed by atoms with E-state index in [1.54, 1.807) is 0 Å². The third kappa shape index (κ3) is 3.74. The number of hydrogen-bond acceptors (Lipinski definition) is 2. The van der Waals surface area contributed by atoms with Crippen LogP contribution in [-0.4, -0.2) is 19.6 Å². The van der Waals surface area contributed by atoms with Gasteiger partial charge in [-0.2, -0.15) is 0 Å². The zero-order valence-electron chi connectivity index (χ0n) is 10.8. The van der Waals surface area contributed by atoms with Crippen LogP contribution in [0.15, 0.2) is 24.3 Å². The first kappa shape index (κ1) is 12.4. The van der Waals surface area contributed by atoms with Gasteiger partial charge >= 0.3 is 0 Å². The van der Waals surface area contributed by atoms with Crippen LogP contribution in [0.3, 0.4) is 0 Å². The number of benzene rings is 1. The smallest absolute Gasteiger partial charge is 0.0372 e. The van der Waals surface area contributed by atoms with Crippen molar-refractivity contribution in [3.8, 4) is 0 Å². The topological polar surface area (TPSA) is 24.1 Å². The second-order valence-electron chi connectivity index (χ2n) is 4.94. The summed E-state index contributed by atoms with van der Waals surface area (Å²) < 4.78 is 0. The van der Waals surface area contributed by atoms with Crippen molar-refractivity contribution in [1.82, 2.24) is 5.32 Å². The summed E-state index contributed by atoms with van der Waals surface area (Å²) in [6.45, 7) is 5.73. The molecule has 1 unspecified atom stereocenters. The van der Waals surface area contributed by atoms with Crippen molar-refractivity contribution in [2.24, 2.45) is 5.92 Å². The van der Waals surface area contributed by atoms with Gasteiger partial charge in [-0.3, -0.25) is 0 Å². The number of hydrogen-bond donors (Lipinski definition) is 2. The van der Waals surface area contributed by atoms with Crippen LogP contribution in [0.25, 0.3) is 0 Å². The molecule has 1 fully saturated rings. The Kier molecular flexibility index (Phi) is 4.87. The lowest BCUT2D eigenvalue weighted by Crippen LogP contribution is -2.30. The third-order valence-corrected chi connectivity index (χ3v) is 3.67. The number of para-hydroxylation sites is 1. The van der Waals surface area contributed by atoms with Crippen LogP contribution in [0.5, 0.6) is 0 Å². The zero-order valence-corrected chi connectivity index (χ0v) is 10.8. The largest absolute Gasteiger partial charge is 0.385 e. The molecule has 2 nitrogen and oxygen atoms in total. The Labute approximate surface area is 105 Å². The van der Waals surface area contributed by atoms with Crippen molar-refractivity contribution >= 4 is 5.69 Å². The summed E-state index contributed by atoms with van der Waals surface area (Å²) in [7, 11) is 0. The molecular weight excluding hydrogens is 208 g/mol. The molecule has 1 aliphatic rings. The molecule has 0 radical (unpaired) electrons. The Hall–Kier alpha value is -1.02. The maximum absolute atomic E-state index is 3.58. The third-order valence-electron chi connectivity index (χ3n) is 3.67. The Bertz CT molecular complexity index is 329. The van der Waals surface area contributed by atoms with Crippen LogP contribution < -0.4 is 10.6 Å². The van der Waals surface area contributed by atoms with Gasteiger partial charge in [0.25, 0.3) is 0 Å². The van der Waals surface area contributed by atoms with Crippen molar-refractivity contribution in [1.29, 1.82) is 0 Å². The minimum atomic E-state index is 0.866. The molecule has 1 aromatic carbocycles. The van der Waals surface area contributed by atoms with Crippen molar-refractivity contribution in [3.05, 3.63) is 29.8 Å². The highest BCUT2D eigenvalue weighted by atomic mass is 14.9. The number of rotatable bonds is 5. The Morgan fingerprint density at radius 3 is 3.00 bits per heavy atom. The molecule has 94 valence electrons. The standard InChI is InChI=1S/C15H24N2/c1-2-14-7-3-4-8-15(14)17-11-9-13-6-5-10-16-12-13/h3-4,7-8,13,16-17H,2,5-6,9-12H2,1H3. The van der Waals surface area contributed by atoms with Crippen LogP contribution in [0, 0.1) is 5.92 Å². The lowest BCUT2D eigenvalue weighted by molar-refractivity contribution is 0.364. The molecule has 1 aromatic rings. The van der Waals surface area contributed by atoms with Crippen LogP contribution in [0.1, 0.15) is 31.7 Å². The van der Waals surface area contributed by atoms with Crippen LogP contribution in [-0.2, 0) is 6.42 Å². The average Bonchev–Trinajstić information content (AvgIpc) is 2.40. The van der Waals surface area contributed by atoms with Crippen LogP contribution in [0.4, 0.5) is 5.69 Å². The highest BCUT2D eigenvalue weighted by Crippen LogP contribution is 2.17. The summed E-state index contributed by atoms with van der Waals surface area (Å²) in [5.41, 5.74) is 2.74. The molecular formula is C15H24N2. The van der Waals surface area contributed by atoms with Crippen LogP contribution in [0.2, 0.25) is 0 Å². The monoisotopic (exact) mass is 232 g/mol. The molecule has 17 heavy (non-hydrogen) atoms. The fourth-order valence-electron chi connectivity index (χ4n) is 2.58. The van der Waals surface area contributed by atoms with Crippen molar-refractivity contribution in [3.63, 3.8) is 0 Å². The molecule has 2 N–H and O–H groups in total. The SMILES string of the molecule is CCc1ccccc1NCCC1CCCNC1. The summed E-state index contributed by atoms with van der Waals surface area (Å²) in [5.74, 6) is 0.866. The van der Waals surface area contributed by atoms with Gasteiger partial charge in [-0.25, -0.2) is 0 Å². The summed E-state index contributed by atoms with van der Waals surface area (Å²) in [5, 5.41) is 7.06. The quantitative estimate of drug-likeness (QED) is 0.815. The van der Waals surface area contributed by atoms with E-state index < -0.39 is 0 Å². The van der Waals surface area contributed by atoms with Gasteiger partial charge in [-0.1, -0.05) is 25.1 Å². The van der Waals surface area contributed by atoms with Gasteiger partial charge in [-0.05, 0) is 56.3 Å². The number of piperidine rings is 1. The lowest BCUT2D eigenvalue weighted by atomic mass is 9.96. The van der Waals surface area contributed by atoms with Crippen molar-refractivity contribution < 1.29 is 0 Å². The second-order valence-corrected chi connectivity index (χ2v) is 4.94. The first-order chi connectivity index (χ1) is 8.40. The highest BCUT2D eigenvalue weighted by Gasteiger charge is 2.12. The fourth-order valence-corrected chi connectivity index (χ4v) is 2.58. The van der Waals surface area contributed by atoms with Gasteiger partial charge in [0, 0.05) is 12.2 Å². The van der Waals surface area contributed by atoms with E-state index in [9.17, 15) is 0 Å². The highest BCUT2D eigenvalue weighted by molar-refractivity contribution is 5.50. The summed E-state index contributed by atoms with van der Waals surface area (Å²) in [4.78, 5) is 0. The molecule has 0 spiro atoms.